The van der Waals surface area contributed by atoms with Crippen molar-refractivity contribution in [2.24, 2.45) is 5.73 Å². The summed E-state index contributed by atoms with van der Waals surface area (Å²) in [6, 6.07) is 9.05. The summed E-state index contributed by atoms with van der Waals surface area (Å²) in [7, 11) is 0. The molecule has 0 bridgehead atoms. The monoisotopic (exact) mass is 263 g/mol. The second-order valence-corrected chi connectivity index (χ2v) is 4.57. The summed E-state index contributed by atoms with van der Waals surface area (Å²) >= 11 is 0. The van der Waals surface area contributed by atoms with Gasteiger partial charge in [0.05, 0.1) is 12.5 Å². The number of hydrogen-bond acceptors (Lipinski definition) is 3. The van der Waals surface area contributed by atoms with Gasteiger partial charge in [-0.15, -0.1) is 0 Å². The van der Waals surface area contributed by atoms with E-state index in [1.54, 1.807) is 0 Å². The summed E-state index contributed by atoms with van der Waals surface area (Å²) in [6.45, 7) is 3.67. The lowest BCUT2D eigenvalue weighted by Gasteiger charge is -2.19. The minimum atomic E-state index is -0.316. The normalized spacial score (nSPS) is 13.4. The topological polar surface area (TPSA) is 84.2 Å². The van der Waals surface area contributed by atoms with Gasteiger partial charge >= 0.3 is 0 Å². The van der Waals surface area contributed by atoms with Crippen LogP contribution in [-0.4, -0.2) is 24.4 Å². The fourth-order valence-electron chi connectivity index (χ4n) is 1.76. The third-order valence-corrected chi connectivity index (χ3v) is 2.73. The van der Waals surface area contributed by atoms with Gasteiger partial charge in [0.25, 0.3) is 0 Å². The summed E-state index contributed by atoms with van der Waals surface area (Å²) in [4.78, 5) is 23.1. The van der Waals surface area contributed by atoms with Gasteiger partial charge in [-0.1, -0.05) is 30.3 Å². The largest absolute Gasteiger partial charge is 0.352 e. The standard InChI is InChI=1S/C14H21N3O2/c1-10(9-15)16-14(19)8-13(17-11(2)18)12-6-4-3-5-7-12/h3-7,10,13H,8-9,15H2,1-2H3,(H,16,19)(H,17,18)/t10-,13?/m0/s1. The lowest BCUT2D eigenvalue weighted by atomic mass is 10.0. The fourth-order valence-corrected chi connectivity index (χ4v) is 1.76. The SMILES string of the molecule is CC(=O)NC(CC(=O)N[C@@H](C)CN)c1ccccc1. The maximum Gasteiger partial charge on any atom is 0.222 e. The number of carbonyl (C=O) groups is 2. The van der Waals surface area contributed by atoms with Gasteiger partial charge in [-0.25, -0.2) is 0 Å². The Kier molecular flexibility index (Phi) is 6.02. The number of benzene rings is 1. The van der Waals surface area contributed by atoms with Crippen molar-refractivity contribution in [3.05, 3.63) is 35.9 Å². The highest BCUT2D eigenvalue weighted by molar-refractivity contribution is 5.79. The van der Waals surface area contributed by atoms with Crippen LogP contribution in [0.4, 0.5) is 0 Å². The quantitative estimate of drug-likeness (QED) is 0.707. The highest BCUT2D eigenvalue weighted by Gasteiger charge is 2.17. The van der Waals surface area contributed by atoms with Crippen molar-refractivity contribution in [3.8, 4) is 0 Å². The molecule has 0 aliphatic carbocycles. The molecule has 104 valence electrons. The molecule has 0 aliphatic heterocycles. The van der Waals surface area contributed by atoms with Gasteiger partial charge in [-0.3, -0.25) is 9.59 Å². The van der Waals surface area contributed by atoms with Crippen LogP contribution in [0, 0.1) is 0 Å². The van der Waals surface area contributed by atoms with Crippen molar-refractivity contribution < 1.29 is 9.59 Å². The summed E-state index contributed by atoms with van der Waals surface area (Å²) in [5, 5.41) is 5.58. The molecule has 1 aromatic rings. The molecule has 0 aromatic heterocycles. The minimum Gasteiger partial charge on any atom is -0.352 e. The van der Waals surface area contributed by atoms with E-state index in [-0.39, 0.29) is 30.3 Å². The van der Waals surface area contributed by atoms with Crippen LogP contribution in [0.25, 0.3) is 0 Å². The van der Waals surface area contributed by atoms with E-state index in [0.29, 0.717) is 6.54 Å². The Balaban J connectivity index is 2.70. The third-order valence-electron chi connectivity index (χ3n) is 2.73. The van der Waals surface area contributed by atoms with E-state index in [0.717, 1.165) is 5.56 Å². The molecule has 0 aliphatic rings. The Morgan fingerprint density at radius 3 is 2.37 bits per heavy atom. The van der Waals surface area contributed by atoms with E-state index >= 15 is 0 Å². The van der Waals surface area contributed by atoms with Gasteiger partial charge < -0.3 is 16.4 Å². The molecule has 5 nitrogen and oxygen atoms in total. The predicted molar refractivity (Wildman–Crippen MR) is 74.3 cm³/mol. The molecular weight excluding hydrogens is 242 g/mol. The van der Waals surface area contributed by atoms with Gasteiger partial charge in [0.2, 0.25) is 11.8 Å². The molecule has 1 rings (SSSR count). The first kappa shape index (κ1) is 15.2. The van der Waals surface area contributed by atoms with Crippen molar-refractivity contribution in [1.82, 2.24) is 10.6 Å². The van der Waals surface area contributed by atoms with Crippen LogP contribution in [0.1, 0.15) is 31.9 Å². The van der Waals surface area contributed by atoms with E-state index in [9.17, 15) is 9.59 Å². The van der Waals surface area contributed by atoms with Crippen LogP contribution in [0.3, 0.4) is 0 Å². The molecule has 0 saturated heterocycles. The van der Waals surface area contributed by atoms with Crippen LogP contribution in [0.5, 0.6) is 0 Å². The lowest BCUT2D eigenvalue weighted by molar-refractivity contribution is -0.123. The van der Waals surface area contributed by atoms with Gasteiger partial charge in [0.15, 0.2) is 0 Å². The first-order chi connectivity index (χ1) is 9.02. The van der Waals surface area contributed by atoms with Crippen molar-refractivity contribution in [2.45, 2.75) is 32.4 Å². The zero-order chi connectivity index (χ0) is 14.3. The molecule has 0 saturated carbocycles. The second kappa shape index (κ2) is 7.53. The fraction of sp³-hybridized carbons (Fsp3) is 0.429. The Labute approximate surface area is 113 Å². The van der Waals surface area contributed by atoms with Crippen LogP contribution < -0.4 is 16.4 Å². The Morgan fingerprint density at radius 2 is 1.84 bits per heavy atom. The number of nitrogens with one attached hydrogen (secondary N) is 2. The molecule has 19 heavy (non-hydrogen) atoms. The Bertz CT molecular complexity index is 420. The molecule has 1 aromatic carbocycles. The molecule has 2 amide bonds. The van der Waals surface area contributed by atoms with Gasteiger partial charge in [-0.05, 0) is 12.5 Å². The summed E-state index contributed by atoms with van der Waals surface area (Å²) in [6.07, 6.45) is 0.202. The number of nitrogens with two attached hydrogens (primary N) is 1. The lowest BCUT2D eigenvalue weighted by Crippen LogP contribution is -2.40. The zero-order valence-electron chi connectivity index (χ0n) is 11.3. The Morgan fingerprint density at radius 1 is 1.21 bits per heavy atom. The Hall–Kier alpha value is -1.88. The molecular formula is C14H21N3O2. The van der Waals surface area contributed by atoms with Crippen LogP contribution >= 0.6 is 0 Å². The molecule has 0 fully saturated rings. The molecule has 2 atom stereocenters. The van der Waals surface area contributed by atoms with Gasteiger partial charge in [-0.2, -0.15) is 0 Å². The summed E-state index contributed by atoms with van der Waals surface area (Å²) in [5.41, 5.74) is 6.37. The van der Waals surface area contributed by atoms with E-state index < -0.39 is 0 Å². The molecule has 4 N–H and O–H groups in total. The summed E-state index contributed by atoms with van der Waals surface area (Å²) in [5.74, 6) is -0.283. The molecule has 5 heteroatoms. The van der Waals surface area contributed by atoms with Crippen LogP contribution in [0.2, 0.25) is 0 Å². The zero-order valence-corrected chi connectivity index (χ0v) is 11.3. The van der Waals surface area contributed by atoms with E-state index in [4.69, 9.17) is 5.73 Å². The molecule has 0 heterocycles. The molecule has 0 spiro atoms. The highest BCUT2D eigenvalue weighted by Crippen LogP contribution is 2.16. The average Bonchev–Trinajstić information content (AvgIpc) is 2.38. The first-order valence-electron chi connectivity index (χ1n) is 6.34. The van der Waals surface area contributed by atoms with Gasteiger partial charge in [0.1, 0.15) is 0 Å². The van der Waals surface area contributed by atoms with Crippen LogP contribution in [-0.2, 0) is 9.59 Å². The smallest absolute Gasteiger partial charge is 0.222 e. The molecule has 0 radical (unpaired) electrons. The summed E-state index contributed by atoms with van der Waals surface area (Å²) < 4.78 is 0. The maximum absolute atomic E-state index is 11.9. The number of hydrogen-bond donors (Lipinski definition) is 3. The van der Waals surface area contributed by atoms with Crippen LogP contribution in [0.15, 0.2) is 30.3 Å². The van der Waals surface area contributed by atoms with Crippen molar-refractivity contribution in [1.29, 1.82) is 0 Å². The van der Waals surface area contributed by atoms with E-state index in [1.807, 2.05) is 37.3 Å². The average molecular weight is 263 g/mol. The highest BCUT2D eigenvalue weighted by atomic mass is 16.2. The van der Waals surface area contributed by atoms with E-state index in [2.05, 4.69) is 10.6 Å². The molecule has 1 unspecified atom stereocenters. The van der Waals surface area contributed by atoms with Crippen molar-refractivity contribution in [2.75, 3.05) is 6.54 Å². The van der Waals surface area contributed by atoms with Crippen molar-refractivity contribution in [3.63, 3.8) is 0 Å². The second-order valence-electron chi connectivity index (χ2n) is 4.57. The first-order valence-corrected chi connectivity index (χ1v) is 6.34. The minimum absolute atomic E-state index is 0.0683. The predicted octanol–water partition coefficient (Wildman–Crippen LogP) is 0.717. The number of amides is 2. The third kappa shape index (κ3) is 5.52. The number of carbonyl (C=O) groups excluding carboxylic acids is 2. The number of rotatable bonds is 6. The van der Waals surface area contributed by atoms with Gasteiger partial charge in [0, 0.05) is 19.5 Å². The maximum atomic E-state index is 11.9. The van der Waals surface area contributed by atoms with Crippen molar-refractivity contribution >= 4 is 11.8 Å². The van der Waals surface area contributed by atoms with E-state index in [1.165, 1.54) is 6.92 Å².